The molecule has 0 radical (unpaired) electrons. The van der Waals surface area contributed by atoms with Crippen LogP contribution in [0.2, 0.25) is 5.02 Å². The van der Waals surface area contributed by atoms with Gasteiger partial charge in [-0.05, 0) is 80.3 Å². The van der Waals surface area contributed by atoms with Gasteiger partial charge in [-0.3, -0.25) is 0 Å². The number of nitrogens with zero attached hydrogens (tertiary/aromatic N) is 2. The lowest BCUT2D eigenvalue weighted by molar-refractivity contribution is 0.0696. The number of hydrogen-bond acceptors (Lipinski definition) is 6. The first-order valence-corrected chi connectivity index (χ1v) is 13.8. The van der Waals surface area contributed by atoms with Gasteiger partial charge in [-0.2, -0.15) is 0 Å². The maximum atomic E-state index is 11.5. The standard InChI is InChI=1S/C31H27ClN2O5/c1-16-3-2-4-23(32)27(16)29-22(30(39-34-29)18-7-8-18)15-37-26-12-11-24-28(33-26)21(17-5-6-17)13-19-9-10-20(31(35)36)14-25(19)38-24/h2-4,9-12,14,17-18,21H,5-8,13,15H2,1H3,(H,35,36)/t21-/m0/s1. The summed E-state index contributed by atoms with van der Waals surface area (Å²) in [7, 11) is 0. The number of carboxylic acids is 1. The van der Waals surface area contributed by atoms with Gasteiger partial charge in [-0.1, -0.05) is 35.0 Å². The Bertz CT molecular complexity index is 1580. The molecule has 198 valence electrons. The van der Waals surface area contributed by atoms with Gasteiger partial charge in [0, 0.05) is 23.5 Å². The average molecular weight is 543 g/mol. The van der Waals surface area contributed by atoms with Crippen molar-refractivity contribution in [1.29, 1.82) is 0 Å². The van der Waals surface area contributed by atoms with Crippen molar-refractivity contribution in [2.24, 2.45) is 5.92 Å². The van der Waals surface area contributed by atoms with Crippen LogP contribution in [-0.2, 0) is 13.0 Å². The molecular weight excluding hydrogens is 516 g/mol. The molecule has 39 heavy (non-hydrogen) atoms. The number of fused-ring (bicyclic) bond motifs is 2. The Labute approximate surface area is 230 Å². The molecule has 7 nitrogen and oxygen atoms in total. The number of pyridine rings is 1. The van der Waals surface area contributed by atoms with E-state index in [2.05, 4.69) is 5.16 Å². The minimum Gasteiger partial charge on any atom is -0.478 e. The number of carbonyl (C=O) groups is 1. The van der Waals surface area contributed by atoms with Gasteiger partial charge in [-0.25, -0.2) is 9.78 Å². The van der Waals surface area contributed by atoms with Gasteiger partial charge in [0.2, 0.25) is 5.88 Å². The van der Waals surface area contributed by atoms with Crippen LogP contribution in [0.1, 0.15) is 76.0 Å². The first kappa shape index (κ1) is 24.2. The Morgan fingerprint density at radius 3 is 2.69 bits per heavy atom. The van der Waals surface area contributed by atoms with E-state index in [-0.39, 0.29) is 18.1 Å². The Hall–Kier alpha value is -3.84. The van der Waals surface area contributed by atoms with Crippen molar-refractivity contribution in [3.8, 4) is 28.6 Å². The van der Waals surface area contributed by atoms with Gasteiger partial charge >= 0.3 is 5.97 Å². The second kappa shape index (κ2) is 9.42. The summed E-state index contributed by atoms with van der Waals surface area (Å²) < 4.78 is 18.4. The van der Waals surface area contributed by atoms with Gasteiger partial charge in [0.1, 0.15) is 29.6 Å². The Kier molecular flexibility index (Phi) is 5.85. The number of aromatic carboxylic acids is 1. The van der Waals surface area contributed by atoms with Crippen LogP contribution in [0.4, 0.5) is 0 Å². The van der Waals surface area contributed by atoms with Crippen LogP contribution in [0.3, 0.4) is 0 Å². The van der Waals surface area contributed by atoms with Crippen LogP contribution < -0.4 is 9.47 Å². The summed E-state index contributed by atoms with van der Waals surface area (Å²) in [6.45, 7) is 2.28. The highest BCUT2D eigenvalue weighted by Crippen LogP contribution is 2.50. The van der Waals surface area contributed by atoms with Crippen molar-refractivity contribution in [2.75, 3.05) is 0 Å². The van der Waals surface area contributed by atoms with E-state index in [1.54, 1.807) is 18.2 Å². The Balaban J connectivity index is 1.21. The predicted molar refractivity (Wildman–Crippen MR) is 145 cm³/mol. The molecule has 0 bridgehead atoms. The van der Waals surface area contributed by atoms with Crippen LogP contribution in [0, 0.1) is 12.8 Å². The maximum Gasteiger partial charge on any atom is 0.335 e. The molecule has 7 rings (SSSR count). The highest BCUT2D eigenvalue weighted by atomic mass is 35.5. The highest BCUT2D eigenvalue weighted by Gasteiger charge is 2.38. The minimum absolute atomic E-state index is 0.180. The van der Waals surface area contributed by atoms with Gasteiger partial charge in [0.05, 0.1) is 21.8 Å². The summed E-state index contributed by atoms with van der Waals surface area (Å²) in [6.07, 6.45) is 5.18. The first-order valence-electron chi connectivity index (χ1n) is 13.4. The number of rotatable bonds is 7. The monoisotopic (exact) mass is 542 g/mol. The van der Waals surface area contributed by atoms with Crippen molar-refractivity contribution >= 4 is 17.6 Å². The van der Waals surface area contributed by atoms with Gasteiger partial charge in [0.15, 0.2) is 0 Å². The lowest BCUT2D eigenvalue weighted by atomic mass is 9.91. The predicted octanol–water partition coefficient (Wildman–Crippen LogP) is 7.70. The van der Waals surface area contributed by atoms with Crippen LogP contribution in [0.25, 0.3) is 11.3 Å². The molecule has 1 N–H and O–H groups in total. The van der Waals surface area contributed by atoms with Crippen molar-refractivity contribution in [1.82, 2.24) is 10.1 Å². The molecule has 8 heteroatoms. The molecule has 2 aliphatic carbocycles. The average Bonchev–Trinajstić information content (AvgIpc) is 3.84. The van der Waals surface area contributed by atoms with E-state index in [1.165, 1.54) is 0 Å². The van der Waals surface area contributed by atoms with E-state index >= 15 is 0 Å². The molecule has 0 amide bonds. The second-order valence-electron chi connectivity index (χ2n) is 10.8. The zero-order valence-corrected chi connectivity index (χ0v) is 22.2. The molecule has 1 atom stereocenters. The molecule has 0 unspecified atom stereocenters. The quantitative estimate of drug-likeness (QED) is 0.255. The van der Waals surface area contributed by atoms with Gasteiger partial charge in [-0.15, -0.1) is 0 Å². The molecule has 2 saturated carbocycles. The summed E-state index contributed by atoms with van der Waals surface area (Å²) in [6, 6.07) is 14.6. The van der Waals surface area contributed by atoms with Crippen molar-refractivity contribution in [3.63, 3.8) is 0 Å². The molecule has 3 aliphatic rings. The van der Waals surface area contributed by atoms with Gasteiger partial charge < -0.3 is 19.1 Å². The Morgan fingerprint density at radius 1 is 1.10 bits per heavy atom. The van der Waals surface area contributed by atoms with Crippen LogP contribution in [-0.4, -0.2) is 21.2 Å². The normalized spacial score (nSPS) is 18.1. The fraction of sp³-hybridized carbons (Fsp3) is 0.323. The molecule has 3 heterocycles. The lowest BCUT2D eigenvalue weighted by Gasteiger charge is -2.16. The number of carboxylic acid groups (broad SMARTS) is 1. The molecule has 0 spiro atoms. The van der Waals surface area contributed by atoms with E-state index < -0.39 is 5.97 Å². The third kappa shape index (κ3) is 4.55. The molecule has 1 aliphatic heterocycles. The van der Waals surface area contributed by atoms with E-state index in [0.717, 1.165) is 71.5 Å². The molecule has 4 aromatic rings. The summed E-state index contributed by atoms with van der Waals surface area (Å²) in [5.74, 6) is 2.68. The molecule has 2 fully saturated rings. The minimum atomic E-state index is -0.975. The maximum absolute atomic E-state index is 11.5. The zero-order valence-electron chi connectivity index (χ0n) is 21.4. The highest BCUT2D eigenvalue weighted by molar-refractivity contribution is 6.33. The second-order valence-corrected chi connectivity index (χ2v) is 11.2. The van der Waals surface area contributed by atoms with Gasteiger partial charge in [0.25, 0.3) is 0 Å². The zero-order chi connectivity index (χ0) is 26.7. The van der Waals surface area contributed by atoms with Crippen molar-refractivity contribution < 1.29 is 23.9 Å². The SMILES string of the molecule is Cc1cccc(Cl)c1-c1noc(C2CC2)c1COc1ccc2c(n1)[C@H](C1CC1)Cc1ccc(C(=O)O)cc1O2. The third-order valence-electron chi connectivity index (χ3n) is 7.97. The number of aryl methyl sites for hydroxylation is 1. The summed E-state index contributed by atoms with van der Waals surface area (Å²) in [4.78, 5) is 16.5. The van der Waals surface area contributed by atoms with E-state index in [0.29, 0.717) is 34.2 Å². The van der Waals surface area contributed by atoms with E-state index in [1.807, 2.05) is 37.3 Å². The summed E-state index contributed by atoms with van der Waals surface area (Å²) in [5.41, 5.74) is 5.58. The number of hydrogen-bond donors (Lipinski definition) is 1. The summed E-state index contributed by atoms with van der Waals surface area (Å²) in [5, 5.41) is 14.5. The molecule has 0 saturated heterocycles. The van der Waals surface area contributed by atoms with E-state index in [4.69, 9.17) is 30.6 Å². The van der Waals surface area contributed by atoms with Crippen molar-refractivity contribution in [3.05, 3.63) is 87.3 Å². The first-order chi connectivity index (χ1) is 19.0. The van der Waals surface area contributed by atoms with Crippen LogP contribution >= 0.6 is 11.6 Å². The number of benzene rings is 2. The molecule has 2 aromatic carbocycles. The topological polar surface area (TPSA) is 94.7 Å². The fourth-order valence-corrected chi connectivity index (χ4v) is 5.88. The molecular formula is C31H27ClN2O5. The van der Waals surface area contributed by atoms with Crippen LogP contribution in [0.15, 0.2) is 53.1 Å². The van der Waals surface area contributed by atoms with Crippen molar-refractivity contribution in [2.45, 2.75) is 57.5 Å². The van der Waals surface area contributed by atoms with E-state index in [9.17, 15) is 9.90 Å². The lowest BCUT2D eigenvalue weighted by Crippen LogP contribution is -2.08. The number of aromatic nitrogens is 2. The number of halogens is 1. The smallest absolute Gasteiger partial charge is 0.335 e. The summed E-state index contributed by atoms with van der Waals surface area (Å²) >= 11 is 6.59. The fourth-order valence-electron chi connectivity index (χ4n) is 5.57. The molecule has 2 aromatic heterocycles. The van der Waals surface area contributed by atoms with Crippen LogP contribution in [0.5, 0.6) is 17.4 Å². The largest absolute Gasteiger partial charge is 0.478 e. The number of ether oxygens (including phenoxy) is 2. The third-order valence-corrected chi connectivity index (χ3v) is 8.28. The Morgan fingerprint density at radius 2 is 1.95 bits per heavy atom.